The van der Waals surface area contributed by atoms with Gasteiger partial charge < -0.3 is 4.74 Å². The summed E-state index contributed by atoms with van der Waals surface area (Å²) < 4.78 is 29.9. The molecule has 0 aliphatic rings. The van der Waals surface area contributed by atoms with Gasteiger partial charge in [0.05, 0.1) is 17.8 Å². The minimum absolute atomic E-state index is 0.0667. The molecule has 0 aliphatic heterocycles. The molecule has 2 aromatic rings. The van der Waals surface area contributed by atoms with Crippen LogP contribution in [0, 0.1) is 0 Å². The van der Waals surface area contributed by atoms with E-state index in [1.165, 1.54) is 24.4 Å². The normalized spacial score (nSPS) is 11.6. The van der Waals surface area contributed by atoms with Crippen molar-refractivity contribution in [3.05, 3.63) is 58.1 Å². The van der Waals surface area contributed by atoms with E-state index in [1.54, 1.807) is 18.2 Å². The van der Waals surface area contributed by atoms with Gasteiger partial charge in [-0.3, -0.25) is 0 Å². The largest absolute Gasteiger partial charge is 0.494 e. The van der Waals surface area contributed by atoms with Gasteiger partial charge in [0.2, 0.25) is 0 Å². The standard InChI is InChI=1S/C16H16Cl2N2O3S/c1-2-8-23-14-5-3-4-12(9-14)11-19-20-24(21,22)16-10-13(17)6-7-15(16)18/h3-7,9-11,20H,2,8H2,1H3. The summed E-state index contributed by atoms with van der Waals surface area (Å²) in [7, 11) is -3.90. The van der Waals surface area contributed by atoms with Crippen molar-refractivity contribution in [2.45, 2.75) is 18.2 Å². The van der Waals surface area contributed by atoms with Crippen LogP contribution in [0.4, 0.5) is 0 Å². The fourth-order valence-corrected chi connectivity index (χ4v) is 3.36. The van der Waals surface area contributed by atoms with Gasteiger partial charge in [0.15, 0.2) is 0 Å². The van der Waals surface area contributed by atoms with Crippen LogP contribution in [-0.2, 0) is 10.0 Å². The lowest BCUT2D eigenvalue weighted by atomic mass is 10.2. The van der Waals surface area contributed by atoms with Crippen molar-refractivity contribution >= 4 is 39.4 Å². The molecule has 0 spiro atoms. The second kappa shape index (κ2) is 8.37. The van der Waals surface area contributed by atoms with Crippen molar-refractivity contribution in [2.75, 3.05) is 6.61 Å². The molecule has 2 rings (SSSR count). The third kappa shape index (κ3) is 5.12. The van der Waals surface area contributed by atoms with E-state index in [-0.39, 0.29) is 14.9 Å². The first kappa shape index (κ1) is 18.6. The Morgan fingerprint density at radius 2 is 2.00 bits per heavy atom. The summed E-state index contributed by atoms with van der Waals surface area (Å²) in [5, 5.41) is 4.10. The van der Waals surface area contributed by atoms with E-state index in [9.17, 15) is 8.42 Å². The second-order valence-corrected chi connectivity index (χ2v) is 7.32. The number of hydrogen-bond donors (Lipinski definition) is 1. The molecule has 0 fully saturated rings. The van der Waals surface area contributed by atoms with Crippen LogP contribution in [0.3, 0.4) is 0 Å². The maximum absolute atomic E-state index is 12.2. The van der Waals surface area contributed by atoms with Gasteiger partial charge in [-0.1, -0.05) is 42.3 Å². The van der Waals surface area contributed by atoms with Crippen molar-refractivity contribution in [1.82, 2.24) is 4.83 Å². The molecule has 0 saturated heterocycles. The first-order valence-corrected chi connectivity index (χ1v) is 9.39. The molecule has 0 amide bonds. The molecule has 128 valence electrons. The lowest BCUT2D eigenvalue weighted by Crippen LogP contribution is -2.18. The van der Waals surface area contributed by atoms with Gasteiger partial charge in [0.25, 0.3) is 10.0 Å². The van der Waals surface area contributed by atoms with Crippen LogP contribution < -0.4 is 9.57 Å². The molecule has 0 aromatic heterocycles. The van der Waals surface area contributed by atoms with E-state index < -0.39 is 10.0 Å². The number of ether oxygens (including phenoxy) is 1. The SMILES string of the molecule is CCCOc1cccc(C=NNS(=O)(=O)c2cc(Cl)ccc2Cl)c1. The zero-order chi connectivity index (χ0) is 17.6. The van der Waals surface area contributed by atoms with Gasteiger partial charge in [0, 0.05) is 5.02 Å². The average Bonchev–Trinajstić information content (AvgIpc) is 2.55. The molecule has 0 bridgehead atoms. The van der Waals surface area contributed by atoms with Gasteiger partial charge >= 0.3 is 0 Å². The highest BCUT2D eigenvalue weighted by molar-refractivity contribution is 7.89. The fourth-order valence-electron chi connectivity index (χ4n) is 1.81. The van der Waals surface area contributed by atoms with E-state index in [1.807, 2.05) is 13.0 Å². The van der Waals surface area contributed by atoms with E-state index >= 15 is 0 Å². The fraction of sp³-hybridized carbons (Fsp3) is 0.188. The van der Waals surface area contributed by atoms with Crippen LogP contribution in [-0.4, -0.2) is 21.2 Å². The second-order valence-electron chi connectivity index (χ2n) is 4.85. The van der Waals surface area contributed by atoms with Crippen molar-refractivity contribution in [2.24, 2.45) is 5.10 Å². The van der Waals surface area contributed by atoms with E-state index in [4.69, 9.17) is 27.9 Å². The predicted octanol–water partition coefficient (Wildman–Crippen LogP) is 4.09. The lowest BCUT2D eigenvalue weighted by molar-refractivity contribution is 0.317. The molecular formula is C16H16Cl2N2O3S. The maximum atomic E-state index is 12.2. The highest BCUT2D eigenvalue weighted by Gasteiger charge is 2.17. The van der Waals surface area contributed by atoms with Gasteiger partial charge in [-0.15, -0.1) is 0 Å². The third-order valence-electron chi connectivity index (χ3n) is 2.90. The van der Waals surface area contributed by atoms with E-state index in [2.05, 4.69) is 9.93 Å². The number of hydrogen-bond acceptors (Lipinski definition) is 4. The number of nitrogens with one attached hydrogen (secondary N) is 1. The van der Waals surface area contributed by atoms with Crippen molar-refractivity contribution in [3.8, 4) is 5.75 Å². The van der Waals surface area contributed by atoms with Crippen LogP contribution in [0.15, 0.2) is 52.5 Å². The van der Waals surface area contributed by atoms with Crippen LogP contribution in [0.1, 0.15) is 18.9 Å². The van der Waals surface area contributed by atoms with E-state index in [0.717, 1.165) is 6.42 Å². The Kier molecular flexibility index (Phi) is 6.48. The lowest BCUT2D eigenvalue weighted by Gasteiger charge is -2.06. The number of benzene rings is 2. The molecule has 0 saturated carbocycles. The van der Waals surface area contributed by atoms with Gasteiger partial charge in [-0.2, -0.15) is 13.5 Å². The smallest absolute Gasteiger partial charge is 0.278 e. The van der Waals surface area contributed by atoms with Crippen LogP contribution in [0.25, 0.3) is 0 Å². The molecule has 0 heterocycles. The van der Waals surface area contributed by atoms with Crippen molar-refractivity contribution < 1.29 is 13.2 Å². The van der Waals surface area contributed by atoms with Crippen LogP contribution in [0.2, 0.25) is 10.0 Å². The molecule has 5 nitrogen and oxygen atoms in total. The average molecular weight is 387 g/mol. The Morgan fingerprint density at radius 3 is 2.75 bits per heavy atom. The molecule has 8 heteroatoms. The molecule has 0 unspecified atom stereocenters. The summed E-state index contributed by atoms with van der Waals surface area (Å²) >= 11 is 11.7. The predicted molar refractivity (Wildman–Crippen MR) is 96.6 cm³/mol. The summed E-state index contributed by atoms with van der Waals surface area (Å²) in [6, 6.07) is 11.4. The van der Waals surface area contributed by atoms with Gasteiger partial charge in [0.1, 0.15) is 10.6 Å². The first-order chi connectivity index (χ1) is 11.4. The summed E-state index contributed by atoms with van der Waals surface area (Å²) in [6.45, 7) is 2.63. The minimum atomic E-state index is -3.90. The number of sulfonamides is 1. The summed E-state index contributed by atoms with van der Waals surface area (Å²) in [4.78, 5) is 1.98. The Labute approximate surface area is 151 Å². The summed E-state index contributed by atoms with van der Waals surface area (Å²) in [6.07, 6.45) is 2.29. The topological polar surface area (TPSA) is 67.8 Å². The number of nitrogens with zero attached hydrogens (tertiary/aromatic N) is 1. The Balaban J connectivity index is 2.11. The first-order valence-electron chi connectivity index (χ1n) is 7.15. The van der Waals surface area contributed by atoms with Gasteiger partial charge in [-0.25, -0.2) is 4.83 Å². The summed E-state index contributed by atoms with van der Waals surface area (Å²) in [5.74, 6) is 0.696. The zero-order valence-electron chi connectivity index (χ0n) is 12.9. The Morgan fingerprint density at radius 1 is 1.21 bits per heavy atom. The number of halogens is 2. The quantitative estimate of drug-likeness (QED) is 0.575. The highest BCUT2D eigenvalue weighted by Crippen LogP contribution is 2.24. The molecule has 0 atom stereocenters. The summed E-state index contributed by atoms with van der Waals surface area (Å²) in [5.41, 5.74) is 0.698. The molecule has 0 radical (unpaired) electrons. The molecular weight excluding hydrogens is 371 g/mol. The Hall–Kier alpha value is -1.76. The molecule has 24 heavy (non-hydrogen) atoms. The number of rotatable bonds is 7. The van der Waals surface area contributed by atoms with Crippen LogP contribution in [0.5, 0.6) is 5.75 Å². The number of hydrazone groups is 1. The Bertz CT molecular complexity index is 839. The van der Waals surface area contributed by atoms with Crippen LogP contribution >= 0.6 is 23.2 Å². The highest BCUT2D eigenvalue weighted by atomic mass is 35.5. The molecule has 1 N–H and O–H groups in total. The molecule has 0 aliphatic carbocycles. The van der Waals surface area contributed by atoms with Gasteiger partial charge in [-0.05, 0) is 42.3 Å². The third-order valence-corrected chi connectivity index (χ3v) is 4.84. The minimum Gasteiger partial charge on any atom is -0.494 e. The maximum Gasteiger partial charge on any atom is 0.278 e. The van der Waals surface area contributed by atoms with Crippen molar-refractivity contribution in [3.63, 3.8) is 0 Å². The zero-order valence-corrected chi connectivity index (χ0v) is 15.2. The van der Waals surface area contributed by atoms with Crippen molar-refractivity contribution in [1.29, 1.82) is 0 Å². The molecule has 2 aromatic carbocycles. The van der Waals surface area contributed by atoms with E-state index in [0.29, 0.717) is 17.9 Å². The monoisotopic (exact) mass is 386 g/mol.